The number of nitrogens with zero attached hydrogens (tertiary/aromatic N) is 2. The van der Waals surface area contributed by atoms with Crippen LogP contribution < -0.4 is 0 Å². The summed E-state index contributed by atoms with van der Waals surface area (Å²) in [4.78, 5) is 8.38. The van der Waals surface area contributed by atoms with Gasteiger partial charge in [-0.05, 0) is 19.7 Å². The molecule has 0 aromatic carbocycles. The van der Waals surface area contributed by atoms with Gasteiger partial charge in [-0.25, -0.2) is 0 Å². The van der Waals surface area contributed by atoms with Crippen molar-refractivity contribution in [2.24, 2.45) is 15.9 Å². The van der Waals surface area contributed by atoms with E-state index in [9.17, 15) is 0 Å². The Kier molecular flexibility index (Phi) is 4.90. The molecular formula is C15H16N2. The molecule has 86 valence electrons. The fourth-order valence-electron chi connectivity index (χ4n) is 1.62. The van der Waals surface area contributed by atoms with Crippen molar-refractivity contribution in [1.29, 1.82) is 0 Å². The summed E-state index contributed by atoms with van der Waals surface area (Å²) in [7, 11) is 0. The maximum Gasteiger partial charge on any atom is 0.0809 e. The number of hydrogen-bond donors (Lipinski definition) is 0. The van der Waals surface area contributed by atoms with Crippen molar-refractivity contribution in [3.8, 4) is 11.8 Å². The van der Waals surface area contributed by atoms with Crippen molar-refractivity contribution in [1.82, 2.24) is 0 Å². The second kappa shape index (κ2) is 6.44. The normalized spacial score (nSPS) is 27.1. The highest BCUT2D eigenvalue weighted by atomic mass is 14.8. The SMILES string of the molecule is C=CC1=C(\N=C)C(C=C)C#CC/C=C\1N=CC. The Morgan fingerprint density at radius 1 is 1.47 bits per heavy atom. The Bertz CT molecular complexity index is 479. The lowest BCUT2D eigenvalue weighted by Crippen LogP contribution is -2.02. The Morgan fingerprint density at radius 2 is 2.24 bits per heavy atom. The summed E-state index contributed by atoms with van der Waals surface area (Å²) in [5.74, 6) is 6.04. The monoisotopic (exact) mass is 224 g/mol. The fraction of sp³-hybridized carbons (Fsp3) is 0.200. The summed E-state index contributed by atoms with van der Waals surface area (Å²) in [6, 6.07) is 0. The van der Waals surface area contributed by atoms with Crippen LogP contribution in [-0.4, -0.2) is 12.9 Å². The van der Waals surface area contributed by atoms with Crippen LogP contribution in [0.2, 0.25) is 0 Å². The third kappa shape index (κ3) is 2.92. The predicted molar refractivity (Wildman–Crippen MR) is 75.1 cm³/mol. The van der Waals surface area contributed by atoms with E-state index in [1.54, 1.807) is 18.4 Å². The van der Waals surface area contributed by atoms with E-state index in [1.807, 2.05) is 13.0 Å². The zero-order chi connectivity index (χ0) is 12.7. The van der Waals surface area contributed by atoms with Crippen LogP contribution in [0, 0.1) is 17.8 Å². The lowest BCUT2D eigenvalue weighted by molar-refractivity contribution is 0.959. The standard InChI is InChI=1S/C15H16N2/c1-5-12-10-8-9-11-14(17-7-3)13(6-2)15(12)16-4/h5-7,11-12H,1-2,4,9H2,3H3/b14-11+,15-13+,17-7?. The molecule has 0 aromatic rings. The van der Waals surface area contributed by atoms with E-state index in [1.165, 1.54) is 0 Å². The molecule has 1 aliphatic rings. The minimum atomic E-state index is -0.115. The molecule has 0 saturated heterocycles. The van der Waals surface area contributed by atoms with Crippen molar-refractivity contribution in [3.63, 3.8) is 0 Å². The molecule has 0 amide bonds. The highest BCUT2D eigenvalue weighted by Crippen LogP contribution is 2.26. The molecule has 1 unspecified atom stereocenters. The lowest BCUT2D eigenvalue weighted by atomic mass is 9.97. The first-order chi connectivity index (χ1) is 8.28. The Labute approximate surface area is 103 Å². The minimum Gasteiger partial charge on any atom is -0.267 e. The second-order valence-corrected chi connectivity index (χ2v) is 3.38. The number of hydrogen-bond acceptors (Lipinski definition) is 2. The highest BCUT2D eigenvalue weighted by molar-refractivity contribution is 5.59. The zero-order valence-corrected chi connectivity index (χ0v) is 10.1. The molecule has 2 nitrogen and oxygen atoms in total. The third-order valence-electron chi connectivity index (χ3n) is 2.38. The summed E-state index contributed by atoms with van der Waals surface area (Å²) in [5, 5.41) is 0. The lowest BCUT2D eigenvalue weighted by Gasteiger charge is -2.13. The highest BCUT2D eigenvalue weighted by Gasteiger charge is 2.14. The van der Waals surface area contributed by atoms with E-state index in [2.05, 4.69) is 41.7 Å². The van der Waals surface area contributed by atoms with Gasteiger partial charge < -0.3 is 0 Å². The quantitative estimate of drug-likeness (QED) is 0.397. The molecule has 0 radical (unpaired) electrons. The smallest absolute Gasteiger partial charge is 0.0809 e. The minimum absolute atomic E-state index is 0.115. The number of aliphatic imine (C=N–C) groups is 2. The molecule has 2 heteroatoms. The first-order valence-electron chi connectivity index (χ1n) is 5.42. The van der Waals surface area contributed by atoms with Crippen LogP contribution in [0.5, 0.6) is 0 Å². The molecule has 17 heavy (non-hydrogen) atoms. The van der Waals surface area contributed by atoms with Crippen LogP contribution in [0.15, 0.2) is 58.3 Å². The maximum absolute atomic E-state index is 4.32. The molecule has 0 aromatic heterocycles. The van der Waals surface area contributed by atoms with Crippen molar-refractivity contribution < 1.29 is 0 Å². The van der Waals surface area contributed by atoms with Gasteiger partial charge in [0.05, 0.1) is 17.3 Å². The molecule has 1 atom stereocenters. The van der Waals surface area contributed by atoms with Gasteiger partial charge in [-0.1, -0.05) is 30.6 Å². The second-order valence-electron chi connectivity index (χ2n) is 3.38. The molecule has 1 rings (SSSR count). The summed E-state index contributed by atoms with van der Waals surface area (Å²) in [5.41, 5.74) is 2.47. The molecule has 0 saturated carbocycles. The van der Waals surface area contributed by atoms with Crippen molar-refractivity contribution in [2.75, 3.05) is 0 Å². The topological polar surface area (TPSA) is 24.7 Å². The maximum atomic E-state index is 4.32. The summed E-state index contributed by atoms with van der Waals surface area (Å²) in [6.07, 6.45) is 7.88. The summed E-state index contributed by atoms with van der Waals surface area (Å²) in [6.45, 7) is 13.1. The number of rotatable bonds is 4. The fourth-order valence-corrected chi connectivity index (χ4v) is 1.62. The van der Waals surface area contributed by atoms with E-state index < -0.39 is 0 Å². The van der Waals surface area contributed by atoms with Gasteiger partial charge in [0.25, 0.3) is 0 Å². The van der Waals surface area contributed by atoms with E-state index in [0.29, 0.717) is 6.42 Å². The van der Waals surface area contributed by atoms with Crippen LogP contribution in [-0.2, 0) is 0 Å². The van der Waals surface area contributed by atoms with Gasteiger partial charge in [-0.3, -0.25) is 9.98 Å². The molecule has 0 bridgehead atoms. The van der Waals surface area contributed by atoms with Gasteiger partial charge in [0.1, 0.15) is 0 Å². The first-order valence-corrected chi connectivity index (χ1v) is 5.42. The Balaban J connectivity index is 3.46. The Hall–Kier alpha value is -2.14. The zero-order valence-electron chi connectivity index (χ0n) is 10.1. The molecule has 0 spiro atoms. The van der Waals surface area contributed by atoms with Crippen LogP contribution in [0.25, 0.3) is 0 Å². The summed E-state index contributed by atoms with van der Waals surface area (Å²) >= 11 is 0. The summed E-state index contributed by atoms with van der Waals surface area (Å²) < 4.78 is 0. The van der Waals surface area contributed by atoms with Crippen LogP contribution in [0.1, 0.15) is 13.3 Å². The third-order valence-corrected chi connectivity index (χ3v) is 2.38. The number of allylic oxidation sites excluding steroid dienone is 3. The molecule has 0 heterocycles. The van der Waals surface area contributed by atoms with Gasteiger partial charge in [-0.2, -0.15) is 0 Å². The molecule has 0 N–H and O–H groups in total. The molecule has 0 aliphatic heterocycles. The van der Waals surface area contributed by atoms with Crippen molar-refractivity contribution >= 4 is 12.9 Å². The van der Waals surface area contributed by atoms with Crippen LogP contribution in [0.4, 0.5) is 0 Å². The predicted octanol–water partition coefficient (Wildman–Crippen LogP) is 3.31. The van der Waals surface area contributed by atoms with E-state index >= 15 is 0 Å². The van der Waals surface area contributed by atoms with E-state index in [-0.39, 0.29) is 5.92 Å². The van der Waals surface area contributed by atoms with Crippen molar-refractivity contribution in [2.45, 2.75) is 13.3 Å². The van der Waals surface area contributed by atoms with Crippen molar-refractivity contribution in [3.05, 3.63) is 48.4 Å². The molecular weight excluding hydrogens is 208 g/mol. The van der Waals surface area contributed by atoms with Crippen LogP contribution in [0.3, 0.4) is 0 Å². The largest absolute Gasteiger partial charge is 0.267 e. The van der Waals surface area contributed by atoms with E-state index in [0.717, 1.165) is 17.0 Å². The average molecular weight is 224 g/mol. The van der Waals surface area contributed by atoms with Gasteiger partial charge in [-0.15, -0.1) is 6.58 Å². The van der Waals surface area contributed by atoms with Crippen LogP contribution >= 0.6 is 0 Å². The first kappa shape index (κ1) is 12.9. The van der Waals surface area contributed by atoms with Gasteiger partial charge in [0.15, 0.2) is 0 Å². The average Bonchev–Trinajstić information content (AvgIpc) is 2.33. The van der Waals surface area contributed by atoms with Gasteiger partial charge >= 0.3 is 0 Å². The molecule has 1 aliphatic carbocycles. The van der Waals surface area contributed by atoms with Gasteiger partial charge in [0.2, 0.25) is 0 Å². The molecule has 0 fully saturated rings. The Morgan fingerprint density at radius 3 is 2.76 bits per heavy atom. The van der Waals surface area contributed by atoms with E-state index in [4.69, 9.17) is 0 Å². The van der Waals surface area contributed by atoms with Gasteiger partial charge in [0, 0.05) is 18.2 Å².